The highest BCUT2D eigenvalue weighted by molar-refractivity contribution is 7.81. The number of ether oxygens (including phenoxy) is 2. The lowest BCUT2D eigenvalue weighted by Gasteiger charge is -2.35. The number of aromatic amines is 1. The number of hydrogen-bond acceptors (Lipinski definition) is 9. The van der Waals surface area contributed by atoms with Crippen molar-refractivity contribution in [2.75, 3.05) is 36.2 Å². The van der Waals surface area contributed by atoms with Crippen LogP contribution in [-0.4, -0.2) is 87.8 Å². The summed E-state index contributed by atoms with van der Waals surface area (Å²) in [5, 5.41) is 22.0. The van der Waals surface area contributed by atoms with Crippen LogP contribution in [0.4, 0.5) is 24.5 Å². The Morgan fingerprint density at radius 3 is 2.19 bits per heavy atom. The van der Waals surface area contributed by atoms with E-state index in [1.807, 2.05) is 87.5 Å². The first kappa shape index (κ1) is 50.8. The average molecular weight is 977 g/mol. The zero-order valence-electron chi connectivity index (χ0n) is 39.6. The van der Waals surface area contributed by atoms with Gasteiger partial charge in [-0.15, -0.1) is 0 Å². The van der Waals surface area contributed by atoms with Crippen LogP contribution in [0.1, 0.15) is 77.0 Å². The number of aromatic nitrogens is 2. The quantitative estimate of drug-likeness (QED) is 0.0606. The molecule has 0 spiro atoms. The topological polar surface area (TPSA) is 173 Å². The van der Waals surface area contributed by atoms with Gasteiger partial charge in [0.05, 0.1) is 35.2 Å². The van der Waals surface area contributed by atoms with E-state index in [0.717, 1.165) is 45.0 Å². The van der Waals surface area contributed by atoms with E-state index in [9.17, 15) is 37.6 Å². The van der Waals surface area contributed by atoms with Gasteiger partial charge in [-0.05, 0) is 128 Å². The molecule has 70 heavy (non-hydrogen) atoms. The highest BCUT2D eigenvalue weighted by Gasteiger charge is 2.51. The van der Waals surface area contributed by atoms with Crippen molar-refractivity contribution in [1.29, 1.82) is 5.26 Å². The fraction of sp³-hybridized carbons (Fsp3) is 0.365. The molecular weight excluding hydrogens is 922 g/mol. The first-order chi connectivity index (χ1) is 33.3. The number of halogens is 3. The van der Waals surface area contributed by atoms with E-state index in [-0.39, 0.29) is 29.2 Å². The molecule has 2 aliphatic heterocycles. The Hall–Kier alpha value is -7.10. The number of anilines is 2. The van der Waals surface area contributed by atoms with Crippen molar-refractivity contribution in [1.82, 2.24) is 25.7 Å². The van der Waals surface area contributed by atoms with Gasteiger partial charge in [-0.3, -0.25) is 29.2 Å². The van der Waals surface area contributed by atoms with Crippen molar-refractivity contribution in [3.8, 4) is 34.2 Å². The Kier molecular flexibility index (Phi) is 15.4. The molecule has 3 heterocycles. The molecule has 4 amide bonds. The summed E-state index contributed by atoms with van der Waals surface area (Å²) >= 11 is 5.67. The predicted molar refractivity (Wildman–Crippen MR) is 262 cm³/mol. The van der Waals surface area contributed by atoms with Crippen LogP contribution in [0, 0.1) is 16.7 Å². The third-order valence-electron chi connectivity index (χ3n) is 12.3. The lowest BCUT2D eigenvalue weighted by Crippen LogP contribution is -2.58. The summed E-state index contributed by atoms with van der Waals surface area (Å²) in [5.41, 5.74) is 1.50. The number of H-pyrrole nitrogens is 1. The van der Waals surface area contributed by atoms with Gasteiger partial charge in [0.25, 0.3) is 5.91 Å². The lowest BCUT2D eigenvalue weighted by atomic mass is 9.85. The second-order valence-corrected chi connectivity index (χ2v) is 19.1. The van der Waals surface area contributed by atoms with Crippen molar-refractivity contribution in [2.24, 2.45) is 5.41 Å². The van der Waals surface area contributed by atoms with Crippen LogP contribution in [-0.2, 0) is 36.6 Å². The molecule has 2 fully saturated rings. The van der Waals surface area contributed by atoms with Gasteiger partial charge in [0, 0.05) is 31.6 Å². The first-order valence-corrected chi connectivity index (χ1v) is 23.4. The molecule has 366 valence electrons. The molecular formula is C52H55F3N8O6S. The normalized spacial score (nSPS) is 16.3. The van der Waals surface area contributed by atoms with E-state index in [2.05, 4.69) is 20.8 Å². The van der Waals surface area contributed by atoms with E-state index < -0.39 is 52.2 Å². The standard InChI is InChI=1S/C52H55F3N8O6S/c1-50(2,3)45(47(66)61-26-8-9-43(61)46(65)57-31-33-10-12-36(13-11-33)42-24-25-58-60-42)59-44(64)32-68-27-6-7-28-69-40-22-17-35(18-23-40)34-14-19-38(20-15-34)63-49(70)62(48(67)51(63,4)5)39-21-16-37(30-56)41(29-39)52(53,54)55/h10-25,29,43,45H,6-9,26-28,31-32H2,1-5H3,(H,57,65)(H,58,60)(H,59,64)/t43-,45?/m0/s1. The molecule has 7 rings (SSSR count). The highest BCUT2D eigenvalue weighted by atomic mass is 32.1. The Morgan fingerprint density at radius 1 is 0.914 bits per heavy atom. The van der Waals surface area contributed by atoms with Crippen LogP contribution in [0.25, 0.3) is 22.4 Å². The van der Waals surface area contributed by atoms with Crippen molar-refractivity contribution in [2.45, 2.75) is 90.6 Å². The summed E-state index contributed by atoms with van der Waals surface area (Å²) < 4.78 is 52.9. The minimum atomic E-state index is -4.80. The summed E-state index contributed by atoms with van der Waals surface area (Å²) in [6.45, 7) is 10.1. The van der Waals surface area contributed by atoms with Gasteiger partial charge >= 0.3 is 6.18 Å². The maximum Gasteiger partial charge on any atom is 0.417 e. The number of thiocarbonyl (C=S) groups is 1. The molecule has 1 aromatic heterocycles. The molecule has 0 aliphatic carbocycles. The van der Waals surface area contributed by atoms with Crippen molar-refractivity contribution in [3.63, 3.8) is 0 Å². The number of unbranched alkanes of at least 4 members (excludes halogenated alkanes) is 1. The van der Waals surface area contributed by atoms with Crippen LogP contribution in [0.15, 0.2) is 103 Å². The number of amides is 4. The number of alkyl halides is 3. The maximum atomic E-state index is 13.9. The monoisotopic (exact) mass is 976 g/mol. The van der Waals surface area contributed by atoms with Gasteiger partial charge in [-0.25, -0.2) is 0 Å². The molecule has 14 nitrogen and oxygen atoms in total. The minimum Gasteiger partial charge on any atom is -0.494 e. The van der Waals surface area contributed by atoms with Gasteiger partial charge in [0.1, 0.15) is 30.0 Å². The number of carbonyl (C=O) groups excluding carboxylic acids is 4. The minimum absolute atomic E-state index is 0.00893. The van der Waals surface area contributed by atoms with Crippen LogP contribution in [0.5, 0.6) is 5.75 Å². The third-order valence-corrected chi connectivity index (χ3v) is 12.7. The van der Waals surface area contributed by atoms with E-state index in [0.29, 0.717) is 63.4 Å². The van der Waals surface area contributed by atoms with Crippen molar-refractivity contribution in [3.05, 3.63) is 120 Å². The van der Waals surface area contributed by atoms with Crippen molar-refractivity contribution >= 4 is 52.3 Å². The Labute approximate surface area is 410 Å². The number of nitrogens with zero attached hydrogens (tertiary/aromatic N) is 5. The zero-order valence-corrected chi connectivity index (χ0v) is 40.4. The zero-order chi connectivity index (χ0) is 50.4. The van der Waals surface area contributed by atoms with Crippen LogP contribution < -0.4 is 25.2 Å². The third kappa shape index (κ3) is 11.5. The van der Waals surface area contributed by atoms with E-state index in [1.54, 1.807) is 48.0 Å². The van der Waals surface area contributed by atoms with Gasteiger partial charge in [0.15, 0.2) is 5.11 Å². The summed E-state index contributed by atoms with van der Waals surface area (Å²) in [6, 6.07) is 27.6. The van der Waals surface area contributed by atoms with Crippen LogP contribution in [0.3, 0.4) is 0 Å². The summed E-state index contributed by atoms with van der Waals surface area (Å²) in [5.74, 6) is -0.811. The van der Waals surface area contributed by atoms with Gasteiger partial charge in [-0.2, -0.15) is 23.5 Å². The van der Waals surface area contributed by atoms with E-state index in [1.165, 1.54) is 6.07 Å². The fourth-order valence-electron chi connectivity index (χ4n) is 8.51. The average Bonchev–Trinajstić information content (AvgIpc) is 4.09. The number of hydrogen-bond donors (Lipinski definition) is 3. The molecule has 18 heteroatoms. The molecule has 0 saturated carbocycles. The van der Waals surface area contributed by atoms with E-state index >= 15 is 0 Å². The number of rotatable bonds is 17. The van der Waals surface area contributed by atoms with Crippen LogP contribution >= 0.6 is 12.2 Å². The van der Waals surface area contributed by atoms with Crippen molar-refractivity contribution < 1.29 is 41.8 Å². The predicted octanol–water partition coefficient (Wildman–Crippen LogP) is 8.56. The Balaban J connectivity index is 0.833. The largest absolute Gasteiger partial charge is 0.494 e. The number of benzene rings is 4. The Morgan fingerprint density at radius 2 is 1.56 bits per heavy atom. The molecule has 0 radical (unpaired) electrons. The number of carbonyl (C=O) groups is 4. The van der Waals surface area contributed by atoms with Gasteiger partial charge in [0.2, 0.25) is 17.7 Å². The van der Waals surface area contributed by atoms with Gasteiger partial charge in [-0.1, -0.05) is 69.3 Å². The highest BCUT2D eigenvalue weighted by Crippen LogP contribution is 2.40. The molecule has 5 aromatic rings. The second kappa shape index (κ2) is 21.3. The smallest absolute Gasteiger partial charge is 0.417 e. The molecule has 2 saturated heterocycles. The number of nitrogens with one attached hydrogen (secondary N) is 3. The molecule has 2 aliphatic rings. The van der Waals surface area contributed by atoms with Gasteiger partial charge < -0.3 is 29.9 Å². The maximum absolute atomic E-state index is 13.9. The molecule has 1 unspecified atom stereocenters. The summed E-state index contributed by atoms with van der Waals surface area (Å²) in [6.07, 6.45) is -0.620. The van der Waals surface area contributed by atoms with Crippen LogP contribution in [0.2, 0.25) is 0 Å². The summed E-state index contributed by atoms with van der Waals surface area (Å²) in [4.78, 5) is 58.2. The molecule has 3 N–H and O–H groups in total. The molecule has 0 bridgehead atoms. The second-order valence-electron chi connectivity index (χ2n) is 18.8. The lowest BCUT2D eigenvalue weighted by molar-refractivity contribution is -0.144. The summed E-state index contributed by atoms with van der Waals surface area (Å²) in [7, 11) is 0. The molecule has 4 aromatic carbocycles. The fourth-order valence-corrected chi connectivity index (χ4v) is 9.04. The Bertz CT molecular complexity index is 2730. The SMILES string of the molecule is CC(C)(C)C(NC(=O)COCCCCOc1ccc(-c2ccc(N3C(=S)N(c4ccc(C#N)c(C(F)(F)F)c4)C(=O)C3(C)C)cc2)cc1)C(=O)N1CCC[C@H]1C(=O)NCc1ccc(-c2ccn[nH]2)cc1. The number of nitriles is 1. The first-order valence-electron chi connectivity index (χ1n) is 23.0. The number of likely N-dealkylation sites (tertiary alicyclic amines) is 1. The molecule has 2 atom stereocenters. The van der Waals surface area contributed by atoms with E-state index in [4.69, 9.17) is 21.7 Å².